The van der Waals surface area contributed by atoms with E-state index in [4.69, 9.17) is 17.3 Å². The summed E-state index contributed by atoms with van der Waals surface area (Å²) in [7, 11) is 1.61. The number of anilines is 1. The molecule has 2 aromatic heterocycles. The number of hydrogen-bond acceptors (Lipinski definition) is 5. The maximum Gasteiger partial charge on any atom is 0.254 e. The van der Waals surface area contributed by atoms with Crippen molar-refractivity contribution < 1.29 is 9.18 Å². The molecule has 3 aromatic rings. The highest BCUT2D eigenvalue weighted by atomic mass is 35.5. The zero-order chi connectivity index (χ0) is 19.0. The second kappa shape index (κ2) is 6.87. The third-order valence-corrected chi connectivity index (χ3v) is 4.63. The van der Waals surface area contributed by atoms with E-state index in [2.05, 4.69) is 15.1 Å². The van der Waals surface area contributed by atoms with E-state index < -0.39 is 5.82 Å². The van der Waals surface area contributed by atoms with Crippen LogP contribution in [-0.2, 0) is 17.8 Å². The van der Waals surface area contributed by atoms with Crippen molar-refractivity contribution in [3.8, 4) is 0 Å². The summed E-state index contributed by atoms with van der Waals surface area (Å²) in [5.41, 5.74) is 8.05. The number of hydrogen-bond donors (Lipinski definition) is 1. The first-order valence-corrected chi connectivity index (χ1v) is 8.31. The average molecular weight is 377 g/mol. The minimum absolute atomic E-state index is 0.0778. The van der Waals surface area contributed by atoms with Crippen molar-refractivity contribution in [3.63, 3.8) is 0 Å². The van der Waals surface area contributed by atoms with Crippen molar-refractivity contribution in [3.05, 3.63) is 51.6 Å². The van der Waals surface area contributed by atoms with E-state index in [1.54, 1.807) is 20.0 Å². The highest BCUT2D eigenvalue weighted by Gasteiger charge is 2.19. The predicted molar refractivity (Wildman–Crippen MR) is 96.3 cm³/mol. The van der Waals surface area contributed by atoms with Crippen LogP contribution in [0.1, 0.15) is 22.5 Å². The Kier molecular flexibility index (Phi) is 4.78. The molecule has 136 valence electrons. The van der Waals surface area contributed by atoms with Gasteiger partial charge < -0.3 is 10.6 Å². The first-order valence-electron chi connectivity index (χ1n) is 7.93. The van der Waals surface area contributed by atoms with E-state index >= 15 is 0 Å². The molecule has 0 bridgehead atoms. The molecule has 7 nitrogen and oxygen atoms in total. The molecule has 0 spiro atoms. The SMILES string of the molecule is Cc1nc2nc(N)nn2c(C)c1CC(=O)N(C)Cc1c(F)cccc1Cl. The normalized spacial score (nSPS) is 11.1. The van der Waals surface area contributed by atoms with Crippen LogP contribution < -0.4 is 5.73 Å². The molecule has 0 atom stereocenters. The van der Waals surface area contributed by atoms with Gasteiger partial charge in [0, 0.05) is 41.1 Å². The molecular weight excluding hydrogens is 359 g/mol. The Hall–Kier alpha value is -2.74. The standard InChI is InChI=1S/C17H18ClFN6O/c1-9-11(10(2)25-17(21-9)22-16(20)23-25)7-15(26)24(3)8-12-13(18)5-4-6-14(12)19/h4-6H,7-8H2,1-3H3,(H2,20,23). The molecule has 0 fully saturated rings. The van der Waals surface area contributed by atoms with Crippen molar-refractivity contribution in [1.29, 1.82) is 0 Å². The summed E-state index contributed by atoms with van der Waals surface area (Å²) in [5.74, 6) is -0.120. The van der Waals surface area contributed by atoms with Gasteiger partial charge in [-0.15, -0.1) is 5.10 Å². The Balaban J connectivity index is 1.84. The third kappa shape index (κ3) is 3.32. The van der Waals surface area contributed by atoms with E-state index in [0.717, 1.165) is 11.3 Å². The first-order chi connectivity index (χ1) is 12.3. The predicted octanol–water partition coefficient (Wildman–Crippen LogP) is 2.32. The fraction of sp³-hybridized carbons (Fsp3) is 0.294. The zero-order valence-corrected chi connectivity index (χ0v) is 15.4. The summed E-state index contributed by atoms with van der Waals surface area (Å²) in [5, 5.41) is 4.38. The smallest absolute Gasteiger partial charge is 0.254 e. The number of aromatic nitrogens is 4. The second-order valence-corrected chi connectivity index (χ2v) is 6.48. The lowest BCUT2D eigenvalue weighted by molar-refractivity contribution is -0.129. The van der Waals surface area contributed by atoms with Gasteiger partial charge in [0.1, 0.15) is 5.82 Å². The number of benzene rings is 1. The first kappa shape index (κ1) is 18.1. The number of nitrogens with zero attached hydrogens (tertiary/aromatic N) is 5. The molecule has 0 aliphatic heterocycles. The van der Waals surface area contributed by atoms with Crippen LogP contribution in [-0.4, -0.2) is 37.4 Å². The maximum absolute atomic E-state index is 13.9. The molecule has 0 radical (unpaired) electrons. The molecule has 3 rings (SSSR count). The van der Waals surface area contributed by atoms with Crippen molar-refractivity contribution in [2.24, 2.45) is 0 Å². The van der Waals surface area contributed by atoms with Crippen molar-refractivity contribution in [2.45, 2.75) is 26.8 Å². The number of rotatable bonds is 4. The van der Waals surface area contributed by atoms with E-state index in [9.17, 15) is 9.18 Å². The van der Waals surface area contributed by atoms with Gasteiger partial charge in [-0.25, -0.2) is 9.37 Å². The molecule has 26 heavy (non-hydrogen) atoms. The molecule has 0 saturated heterocycles. The molecule has 1 aromatic carbocycles. The molecular formula is C17H18ClFN6O. The number of aryl methyl sites for hydroxylation is 2. The van der Waals surface area contributed by atoms with Crippen LogP contribution in [0.15, 0.2) is 18.2 Å². The number of carbonyl (C=O) groups excluding carboxylic acids is 1. The molecule has 2 heterocycles. The van der Waals surface area contributed by atoms with Gasteiger partial charge in [-0.05, 0) is 26.0 Å². The Labute approximate surface area is 154 Å². The summed E-state index contributed by atoms with van der Waals surface area (Å²) < 4.78 is 15.5. The molecule has 0 aliphatic rings. The minimum atomic E-state index is -0.439. The lowest BCUT2D eigenvalue weighted by Gasteiger charge is -2.19. The number of likely N-dealkylation sites (N-methyl/N-ethyl adjacent to an activating group) is 1. The van der Waals surface area contributed by atoms with E-state index in [-0.39, 0.29) is 35.4 Å². The number of halogens is 2. The van der Waals surface area contributed by atoms with Crippen LogP contribution in [0.2, 0.25) is 5.02 Å². The van der Waals surface area contributed by atoms with Gasteiger partial charge in [0.05, 0.1) is 6.42 Å². The van der Waals surface area contributed by atoms with Gasteiger partial charge in [-0.3, -0.25) is 4.79 Å². The number of nitrogens with two attached hydrogens (primary N) is 1. The average Bonchev–Trinajstić information content (AvgIpc) is 2.95. The largest absolute Gasteiger partial charge is 0.366 e. The highest BCUT2D eigenvalue weighted by Crippen LogP contribution is 2.21. The van der Waals surface area contributed by atoms with Crippen LogP contribution in [0.5, 0.6) is 0 Å². The molecule has 0 unspecified atom stereocenters. The van der Waals surface area contributed by atoms with Crippen molar-refractivity contribution in [2.75, 3.05) is 12.8 Å². The summed E-state index contributed by atoms with van der Waals surface area (Å²) in [6.07, 6.45) is 0.100. The number of fused-ring (bicyclic) bond motifs is 1. The zero-order valence-electron chi connectivity index (χ0n) is 14.6. The summed E-state index contributed by atoms with van der Waals surface area (Å²) >= 11 is 6.04. The lowest BCUT2D eigenvalue weighted by atomic mass is 10.1. The van der Waals surface area contributed by atoms with Crippen LogP contribution >= 0.6 is 11.6 Å². The van der Waals surface area contributed by atoms with Gasteiger partial charge in [0.15, 0.2) is 0 Å². The third-order valence-electron chi connectivity index (χ3n) is 4.28. The van der Waals surface area contributed by atoms with Crippen LogP contribution in [0.3, 0.4) is 0 Å². The minimum Gasteiger partial charge on any atom is -0.366 e. The van der Waals surface area contributed by atoms with Crippen molar-refractivity contribution in [1.82, 2.24) is 24.5 Å². The summed E-state index contributed by atoms with van der Waals surface area (Å²) in [6, 6.07) is 4.45. The second-order valence-electron chi connectivity index (χ2n) is 6.07. The Morgan fingerprint density at radius 3 is 2.73 bits per heavy atom. The summed E-state index contributed by atoms with van der Waals surface area (Å²) in [4.78, 5) is 22.5. The van der Waals surface area contributed by atoms with Gasteiger partial charge in [0.2, 0.25) is 11.9 Å². The molecule has 0 saturated carbocycles. The number of carbonyl (C=O) groups is 1. The molecule has 1 amide bonds. The van der Waals surface area contributed by atoms with Crippen LogP contribution in [0, 0.1) is 19.7 Å². The maximum atomic E-state index is 13.9. The number of amides is 1. The van der Waals surface area contributed by atoms with Gasteiger partial charge >= 0.3 is 0 Å². The summed E-state index contributed by atoms with van der Waals surface area (Å²) in [6.45, 7) is 3.70. The van der Waals surface area contributed by atoms with E-state index in [1.807, 2.05) is 6.92 Å². The van der Waals surface area contributed by atoms with E-state index in [0.29, 0.717) is 11.5 Å². The molecule has 2 N–H and O–H groups in total. The van der Waals surface area contributed by atoms with Crippen LogP contribution in [0.4, 0.5) is 10.3 Å². The quantitative estimate of drug-likeness (QED) is 0.754. The van der Waals surface area contributed by atoms with Gasteiger partial charge in [-0.1, -0.05) is 17.7 Å². The van der Waals surface area contributed by atoms with Crippen molar-refractivity contribution >= 4 is 29.2 Å². The fourth-order valence-electron chi connectivity index (χ4n) is 2.77. The molecule has 9 heteroatoms. The van der Waals surface area contributed by atoms with Gasteiger partial charge in [-0.2, -0.15) is 9.50 Å². The van der Waals surface area contributed by atoms with Gasteiger partial charge in [0.25, 0.3) is 5.78 Å². The van der Waals surface area contributed by atoms with Crippen LogP contribution in [0.25, 0.3) is 5.78 Å². The Morgan fingerprint density at radius 1 is 1.31 bits per heavy atom. The fourth-order valence-corrected chi connectivity index (χ4v) is 3.00. The number of nitrogen functional groups attached to an aromatic ring is 1. The monoisotopic (exact) mass is 376 g/mol. The Bertz CT molecular complexity index is 982. The lowest BCUT2D eigenvalue weighted by Crippen LogP contribution is -2.29. The Morgan fingerprint density at radius 2 is 2.04 bits per heavy atom. The topological polar surface area (TPSA) is 89.4 Å². The highest BCUT2D eigenvalue weighted by molar-refractivity contribution is 6.31. The van der Waals surface area contributed by atoms with E-state index in [1.165, 1.54) is 21.5 Å². The molecule has 0 aliphatic carbocycles.